The van der Waals surface area contributed by atoms with Gasteiger partial charge in [0.2, 0.25) is 0 Å². The molecule has 2 aliphatic rings. The highest BCUT2D eigenvalue weighted by Gasteiger charge is 2.31. The normalized spacial score (nSPS) is 30.5. The second-order valence-corrected chi connectivity index (χ2v) is 7.41. The van der Waals surface area contributed by atoms with Crippen LogP contribution in [0.1, 0.15) is 45.4 Å². The Balaban J connectivity index is 1.89. The minimum absolute atomic E-state index is 0.442. The summed E-state index contributed by atoms with van der Waals surface area (Å²) in [5.41, 5.74) is 0. The average Bonchev–Trinajstić information content (AvgIpc) is 2.85. The highest BCUT2D eigenvalue weighted by Crippen LogP contribution is 2.39. The molecule has 0 aromatic rings. The summed E-state index contributed by atoms with van der Waals surface area (Å²) in [6, 6.07) is 0.648. The average molecular weight is 272 g/mol. The maximum Gasteiger partial charge on any atom is 0.156 e. The molecule has 0 aromatic carbocycles. The van der Waals surface area contributed by atoms with E-state index in [1.807, 2.05) is 23.5 Å². The molecule has 2 fully saturated rings. The van der Waals surface area contributed by atoms with Gasteiger partial charge in [-0.25, -0.2) is 0 Å². The largest absolute Gasteiger partial charge is 0.361 e. The van der Waals surface area contributed by atoms with Crippen molar-refractivity contribution in [2.75, 3.05) is 18.6 Å². The Labute approximate surface area is 114 Å². The lowest BCUT2D eigenvalue weighted by Crippen LogP contribution is -2.32. The molecule has 0 radical (unpaired) electrons. The summed E-state index contributed by atoms with van der Waals surface area (Å²) in [5, 5.41) is 4.72. The summed E-state index contributed by atoms with van der Waals surface area (Å²) in [6.07, 6.45) is 10.4. The van der Waals surface area contributed by atoms with Gasteiger partial charge in [-0.2, -0.15) is 11.8 Å². The standard InChI is InChI=1S/C13H24N2S2/c1-3-11-9-17-12(15-11)14-10-13(16-2)7-5-4-6-8-13/h11H,3-10H2,1-2H3,(H,14,15). The number of amidine groups is 1. The maximum atomic E-state index is 4.84. The summed E-state index contributed by atoms with van der Waals surface area (Å²) in [4.78, 5) is 4.84. The second-order valence-electron chi connectivity index (χ2n) is 5.13. The Bertz CT molecular complexity index is 273. The van der Waals surface area contributed by atoms with Crippen molar-refractivity contribution in [3.8, 4) is 0 Å². The molecule has 1 aliphatic heterocycles. The minimum atomic E-state index is 0.442. The molecule has 17 heavy (non-hydrogen) atoms. The molecule has 0 bridgehead atoms. The van der Waals surface area contributed by atoms with Crippen LogP contribution in [-0.2, 0) is 0 Å². The Kier molecular flexibility index (Phi) is 5.10. The zero-order chi connectivity index (χ0) is 12.1. The van der Waals surface area contributed by atoms with Gasteiger partial charge in [0.1, 0.15) is 0 Å². The van der Waals surface area contributed by atoms with Gasteiger partial charge < -0.3 is 5.32 Å². The van der Waals surface area contributed by atoms with E-state index in [9.17, 15) is 0 Å². The monoisotopic (exact) mass is 272 g/mol. The first-order chi connectivity index (χ1) is 8.28. The summed E-state index contributed by atoms with van der Waals surface area (Å²) >= 11 is 3.94. The van der Waals surface area contributed by atoms with Crippen molar-refractivity contribution in [3.05, 3.63) is 0 Å². The topological polar surface area (TPSA) is 24.4 Å². The fraction of sp³-hybridized carbons (Fsp3) is 0.923. The first-order valence-corrected chi connectivity index (χ1v) is 8.98. The Morgan fingerprint density at radius 1 is 1.41 bits per heavy atom. The van der Waals surface area contributed by atoms with Gasteiger partial charge in [0, 0.05) is 16.5 Å². The molecule has 1 atom stereocenters. The number of aliphatic imine (C=N–C) groups is 1. The number of nitrogens with zero attached hydrogens (tertiary/aromatic N) is 1. The van der Waals surface area contributed by atoms with E-state index >= 15 is 0 Å². The highest BCUT2D eigenvalue weighted by molar-refractivity contribution is 8.14. The molecule has 98 valence electrons. The van der Waals surface area contributed by atoms with Crippen LogP contribution in [0.4, 0.5) is 0 Å². The molecule has 1 heterocycles. The third-order valence-corrected chi connectivity index (χ3v) is 6.44. The lowest BCUT2D eigenvalue weighted by molar-refractivity contribution is 0.405. The highest BCUT2D eigenvalue weighted by atomic mass is 32.2. The smallest absolute Gasteiger partial charge is 0.156 e. The van der Waals surface area contributed by atoms with Gasteiger partial charge >= 0.3 is 0 Å². The zero-order valence-electron chi connectivity index (χ0n) is 11.0. The Morgan fingerprint density at radius 3 is 2.76 bits per heavy atom. The maximum absolute atomic E-state index is 4.84. The van der Waals surface area contributed by atoms with Crippen LogP contribution < -0.4 is 5.32 Å². The molecule has 1 aliphatic carbocycles. The molecule has 1 saturated heterocycles. The predicted octanol–water partition coefficient (Wildman–Crippen LogP) is 3.52. The summed E-state index contributed by atoms with van der Waals surface area (Å²) < 4.78 is 0.442. The van der Waals surface area contributed by atoms with Crippen LogP contribution in [0.3, 0.4) is 0 Å². The molecule has 1 unspecified atom stereocenters. The number of thioether (sulfide) groups is 2. The molecule has 1 N–H and O–H groups in total. The van der Waals surface area contributed by atoms with Crippen LogP contribution >= 0.6 is 23.5 Å². The van der Waals surface area contributed by atoms with Crippen LogP contribution in [0, 0.1) is 0 Å². The third-order valence-electron chi connectivity index (χ3n) is 3.95. The van der Waals surface area contributed by atoms with Gasteiger partial charge in [0.25, 0.3) is 0 Å². The predicted molar refractivity (Wildman–Crippen MR) is 81.3 cm³/mol. The number of rotatable bonds is 4. The van der Waals surface area contributed by atoms with Gasteiger partial charge in [-0.3, -0.25) is 4.99 Å². The first kappa shape index (κ1) is 13.6. The van der Waals surface area contributed by atoms with Crippen molar-refractivity contribution in [2.24, 2.45) is 4.99 Å². The van der Waals surface area contributed by atoms with Crippen LogP contribution in [0.5, 0.6) is 0 Å². The van der Waals surface area contributed by atoms with E-state index < -0.39 is 0 Å². The summed E-state index contributed by atoms with van der Waals surface area (Å²) in [6.45, 7) is 3.26. The van der Waals surface area contributed by atoms with Crippen LogP contribution in [0.25, 0.3) is 0 Å². The first-order valence-electron chi connectivity index (χ1n) is 6.77. The van der Waals surface area contributed by atoms with Crippen molar-refractivity contribution < 1.29 is 0 Å². The van der Waals surface area contributed by atoms with E-state index in [0.29, 0.717) is 10.8 Å². The zero-order valence-corrected chi connectivity index (χ0v) is 12.6. The lowest BCUT2D eigenvalue weighted by atomic mass is 9.88. The molecule has 4 heteroatoms. The van der Waals surface area contributed by atoms with Crippen LogP contribution in [-0.4, -0.2) is 34.5 Å². The number of hydrogen-bond acceptors (Lipinski definition) is 3. The second kappa shape index (κ2) is 6.37. The van der Waals surface area contributed by atoms with E-state index in [2.05, 4.69) is 18.5 Å². The van der Waals surface area contributed by atoms with Gasteiger partial charge in [-0.05, 0) is 25.5 Å². The molecule has 0 aromatic heterocycles. The van der Waals surface area contributed by atoms with E-state index in [0.717, 1.165) is 6.54 Å². The molecule has 0 spiro atoms. The summed E-state index contributed by atoms with van der Waals surface area (Å²) in [5.74, 6) is 1.20. The van der Waals surface area contributed by atoms with Crippen LogP contribution in [0.15, 0.2) is 4.99 Å². The molecular formula is C13H24N2S2. The van der Waals surface area contributed by atoms with E-state index in [-0.39, 0.29) is 0 Å². The number of nitrogens with one attached hydrogen (secondary N) is 1. The third kappa shape index (κ3) is 3.57. The molecule has 2 nitrogen and oxygen atoms in total. The van der Waals surface area contributed by atoms with E-state index in [4.69, 9.17) is 4.99 Å². The lowest BCUT2D eigenvalue weighted by Gasteiger charge is -2.34. The van der Waals surface area contributed by atoms with Crippen LogP contribution in [0.2, 0.25) is 0 Å². The van der Waals surface area contributed by atoms with Gasteiger partial charge in [-0.15, -0.1) is 0 Å². The van der Waals surface area contributed by atoms with Gasteiger partial charge in [0.15, 0.2) is 5.17 Å². The Hall–Kier alpha value is 0.170. The van der Waals surface area contributed by atoms with Gasteiger partial charge in [0.05, 0.1) is 6.54 Å². The quantitative estimate of drug-likeness (QED) is 0.847. The fourth-order valence-corrected chi connectivity index (χ4v) is 4.56. The van der Waals surface area contributed by atoms with E-state index in [1.54, 1.807) is 0 Å². The SMILES string of the molecule is CCC1CSC(=NCC2(SC)CCCCC2)N1. The fourth-order valence-electron chi connectivity index (χ4n) is 2.59. The molecule has 2 rings (SSSR count). The summed E-state index contributed by atoms with van der Waals surface area (Å²) in [7, 11) is 0. The molecule has 0 amide bonds. The number of hydrogen-bond donors (Lipinski definition) is 1. The van der Waals surface area contributed by atoms with Crippen molar-refractivity contribution in [2.45, 2.75) is 56.2 Å². The Morgan fingerprint density at radius 2 is 2.18 bits per heavy atom. The van der Waals surface area contributed by atoms with Crippen molar-refractivity contribution in [3.63, 3.8) is 0 Å². The van der Waals surface area contributed by atoms with Crippen molar-refractivity contribution in [1.29, 1.82) is 0 Å². The van der Waals surface area contributed by atoms with E-state index in [1.165, 1.54) is 49.4 Å². The minimum Gasteiger partial charge on any atom is -0.361 e. The van der Waals surface area contributed by atoms with Crippen molar-refractivity contribution in [1.82, 2.24) is 5.32 Å². The van der Waals surface area contributed by atoms with Gasteiger partial charge in [-0.1, -0.05) is 37.9 Å². The van der Waals surface area contributed by atoms with Crippen molar-refractivity contribution >= 4 is 28.7 Å². The molecular weight excluding hydrogens is 248 g/mol. The molecule has 1 saturated carbocycles.